The number of ether oxygens (including phenoxy) is 1. The molecular formula is C14H11Cl2F2N3O2. The standard InChI is InChI=1S/C14H11Cl2F2N3O2/c15-8-1-7(19)2-9(16)12(8)23-13-20-5-10(22)11(21-13)6-3-14(17,18)4-6/h1-2,5-6,22H,3-4,19H2. The average Bonchev–Trinajstić information content (AvgIpc) is 2.42. The zero-order chi connectivity index (χ0) is 16.8. The van der Waals surface area contributed by atoms with Crippen LogP contribution in [0.25, 0.3) is 0 Å². The first kappa shape index (κ1) is 16.0. The number of rotatable bonds is 3. The summed E-state index contributed by atoms with van der Waals surface area (Å²) >= 11 is 12.0. The Morgan fingerprint density at radius 3 is 2.43 bits per heavy atom. The molecule has 1 aromatic heterocycles. The molecule has 1 saturated carbocycles. The Balaban J connectivity index is 1.88. The first-order valence-corrected chi connectivity index (χ1v) is 7.37. The van der Waals surface area contributed by atoms with Gasteiger partial charge in [0.2, 0.25) is 5.92 Å². The molecule has 122 valence electrons. The summed E-state index contributed by atoms with van der Waals surface area (Å²) in [7, 11) is 0. The Kier molecular flexibility index (Phi) is 3.93. The lowest BCUT2D eigenvalue weighted by molar-refractivity contribution is -0.0880. The van der Waals surface area contributed by atoms with Crippen LogP contribution in [-0.2, 0) is 0 Å². The van der Waals surface area contributed by atoms with Crippen LogP contribution in [0.3, 0.4) is 0 Å². The smallest absolute Gasteiger partial charge is 0.322 e. The number of nitrogens with zero attached hydrogens (tertiary/aromatic N) is 2. The molecular weight excluding hydrogens is 351 g/mol. The molecule has 0 saturated heterocycles. The van der Waals surface area contributed by atoms with Crippen molar-refractivity contribution in [1.29, 1.82) is 0 Å². The minimum Gasteiger partial charge on any atom is -0.504 e. The molecule has 1 aromatic carbocycles. The molecule has 0 atom stereocenters. The zero-order valence-corrected chi connectivity index (χ0v) is 13.1. The van der Waals surface area contributed by atoms with Gasteiger partial charge in [0.05, 0.1) is 21.9 Å². The summed E-state index contributed by atoms with van der Waals surface area (Å²) < 4.78 is 31.4. The number of halogens is 4. The molecule has 23 heavy (non-hydrogen) atoms. The Hall–Kier alpha value is -1.86. The highest BCUT2D eigenvalue weighted by molar-refractivity contribution is 6.37. The van der Waals surface area contributed by atoms with E-state index < -0.39 is 11.8 Å². The number of nitrogen functional groups attached to an aromatic ring is 1. The molecule has 1 heterocycles. The monoisotopic (exact) mass is 361 g/mol. The normalized spacial score (nSPS) is 16.9. The van der Waals surface area contributed by atoms with Gasteiger partial charge in [0.15, 0.2) is 11.5 Å². The molecule has 0 spiro atoms. The lowest BCUT2D eigenvalue weighted by atomic mass is 9.79. The highest BCUT2D eigenvalue weighted by atomic mass is 35.5. The van der Waals surface area contributed by atoms with Crippen LogP contribution in [0.5, 0.6) is 17.5 Å². The molecule has 1 aliphatic rings. The van der Waals surface area contributed by atoms with E-state index in [0.717, 1.165) is 6.20 Å². The van der Waals surface area contributed by atoms with Crippen LogP contribution < -0.4 is 10.5 Å². The second kappa shape index (κ2) is 5.65. The molecule has 0 aliphatic heterocycles. The van der Waals surface area contributed by atoms with Crippen LogP contribution in [0.2, 0.25) is 10.0 Å². The van der Waals surface area contributed by atoms with Crippen molar-refractivity contribution in [3.8, 4) is 17.5 Å². The molecule has 5 nitrogen and oxygen atoms in total. The van der Waals surface area contributed by atoms with Gasteiger partial charge < -0.3 is 15.6 Å². The van der Waals surface area contributed by atoms with Gasteiger partial charge in [-0.2, -0.15) is 9.97 Å². The van der Waals surface area contributed by atoms with E-state index in [0.29, 0.717) is 5.69 Å². The molecule has 0 radical (unpaired) electrons. The van der Waals surface area contributed by atoms with Crippen LogP contribution in [0, 0.1) is 0 Å². The van der Waals surface area contributed by atoms with Gasteiger partial charge in [-0.1, -0.05) is 23.2 Å². The number of hydrogen-bond acceptors (Lipinski definition) is 5. The molecule has 1 fully saturated rings. The van der Waals surface area contributed by atoms with E-state index in [1.807, 2.05) is 0 Å². The minimum absolute atomic E-state index is 0.0955. The van der Waals surface area contributed by atoms with Crippen LogP contribution >= 0.6 is 23.2 Å². The molecule has 2 aromatic rings. The fourth-order valence-electron chi connectivity index (χ4n) is 2.34. The van der Waals surface area contributed by atoms with E-state index in [2.05, 4.69) is 9.97 Å². The van der Waals surface area contributed by atoms with Crippen molar-refractivity contribution in [2.75, 3.05) is 5.73 Å². The minimum atomic E-state index is -2.73. The number of hydrogen-bond donors (Lipinski definition) is 2. The van der Waals surface area contributed by atoms with Gasteiger partial charge in [-0.15, -0.1) is 0 Å². The highest BCUT2D eigenvalue weighted by Crippen LogP contribution is 2.50. The fourth-order valence-corrected chi connectivity index (χ4v) is 2.93. The van der Waals surface area contributed by atoms with E-state index >= 15 is 0 Å². The second-order valence-electron chi connectivity index (χ2n) is 5.30. The van der Waals surface area contributed by atoms with E-state index in [1.165, 1.54) is 12.1 Å². The maximum Gasteiger partial charge on any atom is 0.322 e. The molecule has 0 bridgehead atoms. The van der Waals surface area contributed by atoms with Gasteiger partial charge in [-0.05, 0) is 12.1 Å². The third kappa shape index (κ3) is 3.25. The van der Waals surface area contributed by atoms with Crippen molar-refractivity contribution >= 4 is 28.9 Å². The number of anilines is 1. The molecule has 1 aliphatic carbocycles. The predicted molar refractivity (Wildman–Crippen MR) is 81.6 cm³/mol. The van der Waals surface area contributed by atoms with Crippen molar-refractivity contribution in [3.63, 3.8) is 0 Å². The van der Waals surface area contributed by atoms with E-state index in [1.54, 1.807) is 0 Å². The number of alkyl halides is 2. The molecule has 9 heteroatoms. The molecule has 3 rings (SSSR count). The SMILES string of the molecule is Nc1cc(Cl)c(Oc2ncc(O)c(C3CC(F)(F)C3)n2)c(Cl)c1. The summed E-state index contributed by atoms with van der Waals surface area (Å²) in [4.78, 5) is 7.79. The van der Waals surface area contributed by atoms with Gasteiger partial charge in [0.25, 0.3) is 0 Å². The third-order valence-electron chi connectivity index (χ3n) is 3.47. The Labute approximate surface area is 140 Å². The number of benzene rings is 1. The highest BCUT2D eigenvalue weighted by Gasteiger charge is 2.47. The molecule has 0 amide bonds. The first-order chi connectivity index (χ1) is 10.7. The van der Waals surface area contributed by atoms with Crippen LogP contribution in [0.15, 0.2) is 18.3 Å². The van der Waals surface area contributed by atoms with E-state index in [9.17, 15) is 13.9 Å². The largest absolute Gasteiger partial charge is 0.504 e. The summed E-state index contributed by atoms with van der Waals surface area (Å²) in [6, 6.07) is 2.73. The lowest BCUT2D eigenvalue weighted by Gasteiger charge is -2.34. The topological polar surface area (TPSA) is 81.3 Å². The van der Waals surface area contributed by atoms with Crippen LogP contribution in [0.1, 0.15) is 24.5 Å². The maximum absolute atomic E-state index is 13.0. The van der Waals surface area contributed by atoms with Gasteiger partial charge >= 0.3 is 6.01 Å². The summed E-state index contributed by atoms with van der Waals surface area (Å²) in [6.45, 7) is 0. The third-order valence-corrected chi connectivity index (χ3v) is 4.03. The lowest BCUT2D eigenvalue weighted by Crippen LogP contribution is -2.34. The molecule has 3 N–H and O–H groups in total. The predicted octanol–water partition coefficient (Wildman–Crippen LogP) is 4.38. The van der Waals surface area contributed by atoms with Gasteiger partial charge in [0, 0.05) is 24.4 Å². The fraction of sp³-hybridized carbons (Fsp3) is 0.286. The van der Waals surface area contributed by atoms with Crippen molar-refractivity contribution in [1.82, 2.24) is 9.97 Å². The summed E-state index contributed by atoms with van der Waals surface area (Å²) in [5.41, 5.74) is 6.07. The van der Waals surface area contributed by atoms with Gasteiger partial charge in [-0.3, -0.25) is 0 Å². The number of aromatic hydroxyl groups is 1. The number of nitrogens with two attached hydrogens (primary N) is 1. The van der Waals surface area contributed by atoms with Crippen LogP contribution in [-0.4, -0.2) is 21.0 Å². The van der Waals surface area contributed by atoms with Gasteiger partial charge in [0.1, 0.15) is 0 Å². The maximum atomic E-state index is 13.0. The second-order valence-corrected chi connectivity index (χ2v) is 6.11. The zero-order valence-electron chi connectivity index (χ0n) is 11.6. The van der Waals surface area contributed by atoms with E-state index in [-0.39, 0.29) is 46.1 Å². The molecule has 0 unspecified atom stereocenters. The number of aromatic nitrogens is 2. The van der Waals surface area contributed by atoms with E-state index in [4.69, 9.17) is 33.7 Å². The van der Waals surface area contributed by atoms with Gasteiger partial charge in [-0.25, -0.2) is 8.78 Å². The Morgan fingerprint density at radius 1 is 1.26 bits per heavy atom. The van der Waals surface area contributed by atoms with Crippen molar-refractivity contribution in [2.24, 2.45) is 0 Å². The Morgan fingerprint density at radius 2 is 1.87 bits per heavy atom. The summed E-state index contributed by atoms with van der Waals surface area (Å²) in [5, 5.41) is 10.1. The summed E-state index contributed by atoms with van der Waals surface area (Å²) in [5.74, 6) is -3.44. The van der Waals surface area contributed by atoms with Crippen molar-refractivity contribution in [2.45, 2.75) is 24.7 Å². The summed E-state index contributed by atoms with van der Waals surface area (Å²) in [6.07, 6.45) is 0.341. The average molecular weight is 362 g/mol. The quantitative estimate of drug-likeness (QED) is 0.793. The first-order valence-electron chi connectivity index (χ1n) is 6.61. The van der Waals surface area contributed by atoms with Crippen molar-refractivity contribution in [3.05, 3.63) is 34.1 Å². The van der Waals surface area contributed by atoms with Crippen LogP contribution in [0.4, 0.5) is 14.5 Å². The van der Waals surface area contributed by atoms with Crippen molar-refractivity contribution < 1.29 is 18.6 Å². The Bertz CT molecular complexity index is 743.